The van der Waals surface area contributed by atoms with Crippen LogP contribution in [0.4, 0.5) is 4.79 Å². The first-order chi connectivity index (χ1) is 22.7. The lowest BCUT2D eigenvalue weighted by atomic mass is 9.33. The van der Waals surface area contributed by atoms with Crippen LogP contribution in [0.2, 0.25) is 0 Å². The van der Waals surface area contributed by atoms with Crippen molar-refractivity contribution in [2.24, 2.45) is 50.7 Å². The number of aliphatic carboxylic acids is 1. The van der Waals surface area contributed by atoms with E-state index in [1.54, 1.807) is 13.8 Å². The van der Waals surface area contributed by atoms with E-state index in [0.29, 0.717) is 18.3 Å². The summed E-state index contributed by atoms with van der Waals surface area (Å²) >= 11 is 0. The molecule has 49 heavy (non-hydrogen) atoms. The van der Waals surface area contributed by atoms with Crippen LogP contribution < -0.4 is 5.32 Å². The molecule has 8 nitrogen and oxygen atoms in total. The fraction of sp³-hybridized carbons (Fsp3) is 0.854. The van der Waals surface area contributed by atoms with Crippen LogP contribution in [0.15, 0.2) is 11.1 Å². The van der Waals surface area contributed by atoms with Crippen LogP contribution in [-0.4, -0.2) is 46.7 Å². The molecule has 6 aliphatic carbocycles. The predicted molar refractivity (Wildman–Crippen MR) is 188 cm³/mol. The third kappa shape index (κ3) is 5.59. The minimum atomic E-state index is -1.16. The second kappa shape index (κ2) is 12.1. The topological polar surface area (TPSA) is 119 Å². The molecule has 0 aromatic carbocycles. The van der Waals surface area contributed by atoms with Gasteiger partial charge in [-0.1, -0.05) is 48.5 Å². The van der Waals surface area contributed by atoms with E-state index in [1.807, 2.05) is 0 Å². The average Bonchev–Trinajstić information content (AvgIpc) is 3.59. The molecular formula is C41H63NO7. The van der Waals surface area contributed by atoms with Gasteiger partial charge in [-0.05, 0) is 142 Å². The second-order valence-corrected chi connectivity index (χ2v) is 19.4. The Morgan fingerprint density at radius 1 is 0.857 bits per heavy atom. The Balaban J connectivity index is 1.27. The number of rotatable bonds is 7. The Hall–Kier alpha value is -2.38. The number of ketones is 1. The Labute approximate surface area is 294 Å². The van der Waals surface area contributed by atoms with Crippen LogP contribution in [0.3, 0.4) is 0 Å². The Morgan fingerprint density at radius 2 is 1.53 bits per heavy atom. The van der Waals surface area contributed by atoms with Crippen molar-refractivity contribution in [2.75, 3.05) is 0 Å². The lowest BCUT2D eigenvalue weighted by molar-refractivity contribution is -0.232. The highest BCUT2D eigenvalue weighted by molar-refractivity contribution is 6.02. The molecule has 0 aliphatic heterocycles. The SMILES string of the molecule is CC(C)C1=C2[C@H]3CC[C@@H]4[C@@]5(C)CC[C@H](OC(=O)CC(C)(C)C(=O)O)C(C)(C)[C@@H]5CC[C@@]4(C)[C@]3(C)CC[C@@]2(NC(=O)OC2CCCC2)CC1=O. The maximum Gasteiger partial charge on any atom is 0.408 e. The van der Waals surface area contributed by atoms with Crippen LogP contribution in [0.1, 0.15) is 152 Å². The van der Waals surface area contributed by atoms with Gasteiger partial charge < -0.3 is 19.9 Å². The number of esters is 1. The number of carboxylic acids is 1. The molecule has 2 N–H and O–H groups in total. The maximum absolute atomic E-state index is 13.9. The van der Waals surface area contributed by atoms with Gasteiger partial charge in [0.1, 0.15) is 12.2 Å². The van der Waals surface area contributed by atoms with Gasteiger partial charge in [-0.3, -0.25) is 14.4 Å². The fourth-order valence-corrected chi connectivity index (χ4v) is 13.0. The minimum Gasteiger partial charge on any atom is -0.481 e. The third-order valence-corrected chi connectivity index (χ3v) is 15.7. The van der Waals surface area contributed by atoms with E-state index < -0.39 is 22.9 Å². The summed E-state index contributed by atoms with van der Waals surface area (Å²) in [6, 6.07) is 0. The van der Waals surface area contributed by atoms with E-state index in [9.17, 15) is 24.3 Å². The van der Waals surface area contributed by atoms with Gasteiger partial charge in [0.15, 0.2) is 5.78 Å². The predicted octanol–water partition coefficient (Wildman–Crippen LogP) is 8.80. The minimum absolute atomic E-state index is 0.0240. The first kappa shape index (κ1) is 36.4. The molecule has 8 atom stereocenters. The molecule has 274 valence electrons. The van der Waals surface area contributed by atoms with Crippen LogP contribution in [-0.2, 0) is 23.9 Å². The van der Waals surface area contributed by atoms with Crippen molar-refractivity contribution in [1.29, 1.82) is 0 Å². The van der Waals surface area contributed by atoms with Crippen molar-refractivity contribution in [3.05, 3.63) is 11.1 Å². The van der Waals surface area contributed by atoms with E-state index in [4.69, 9.17) is 9.47 Å². The Kier molecular flexibility index (Phi) is 9.00. The Morgan fingerprint density at radius 3 is 2.16 bits per heavy atom. The summed E-state index contributed by atoms with van der Waals surface area (Å²) in [7, 11) is 0. The van der Waals surface area contributed by atoms with Gasteiger partial charge in [0, 0.05) is 11.8 Å². The molecule has 0 aromatic rings. The zero-order valence-electron chi connectivity index (χ0n) is 31.8. The molecule has 0 unspecified atom stereocenters. The lowest BCUT2D eigenvalue weighted by Crippen LogP contribution is -2.67. The molecule has 0 spiro atoms. The van der Waals surface area contributed by atoms with Crippen LogP contribution >= 0.6 is 0 Å². The summed E-state index contributed by atoms with van der Waals surface area (Å²) in [6.07, 6.45) is 11.3. The van der Waals surface area contributed by atoms with Crippen molar-refractivity contribution in [3.8, 4) is 0 Å². The first-order valence-electron chi connectivity index (χ1n) is 19.4. The van der Waals surface area contributed by atoms with Crippen LogP contribution in [0, 0.1) is 50.7 Å². The number of carbonyl (C=O) groups is 4. The van der Waals surface area contributed by atoms with Crippen LogP contribution in [0.5, 0.6) is 0 Å². The van der Waals surface area contributed by atoms with E-state index in [2.05, 4.69) is 53.8 Å². The molecule has 5 fully saturated rings. The van der Waals surface area contributed by atoms with Crippen molar-refractivity contribution in [2.45, 2.75) is 170 Å². The quantitative estimate of drug-likeness (QED) is 0.258. The number of amides is 1. The van der Waals surface area contributed by atoms with E-state index in [-0.39, 0.29) is 64.0 Å². The van der Waals surface area contributed by atoms with Gasteiger partial charge in [0.05, 0.1) is 17.4 Å². The van der Waals surface area contributed by atoms with Crippen molar-refractivity contribution in [3.63, 3.8) is 0 Å². The first-order valence-corrected chi connectivity index (χ1v) is 19.4. The fourth-order valence-electron chi connectivity index (χ4n) is 13.0. The van der Waals surface area contributed by atoms with Gasteiger partial charge in [-0.15, -0.1) is 0 Å². The van der Waals surface area contributed by atoms with Gasteiger partial charge in [0.25, 0.3) is 0 Å². The van der Waals surface area contributed by atoms with E-state index >= 15 is 0 Å². The van der Waals surface area contributed by atoms with Crippen LogP contribution in [0.25, 0.3) is 0 Å². The zero-order valence-corrected chi connectivity index (χ0v) is 31.8. The average molecular weight is 682 g/mol. The second-order valence-electron chi connectivity index (χ2n) is 19.4. The smallest absolute Gasteiger partial charge is 0.408 e. The summed E-state index contributed by atoms with van der Waals surface area (Å²) in [5.74, 6) is -0.0534. The highest BCUT2D eigenvalue weighted by atomic mass is 16.6. The molecule has 5 saturated carbocycles. The lowest BCUT2D eigenvalue weighted by Gasteiger charge is -2.72. The standard InChI is InChI=1S/C41H63NO7/c1-24(2)32-27(43)22-41(42-35(47)48-25-12-10-11-13-25)21-20-39(8)26(33(32)41)14-15-29-38(7)18-17-30(49-31(44)23-36(3,4)34(45)46)37(5,6)28(38)16-19-40(29,39)9/h24-26,28-30H,10-23H2,1-9H3,(H,42,47)(H,45,46)/t26-,28+,29-,30+,38+,39-,40-,41-/m1/s1. The molecule has 0 heterocycles. The highest BCUT2D eigenvalue weighted by Gasteiger charge is 2.70. The molecule has 0 bridgehead atoms. The largest absolute Gasteiger partial charge is 0.481 e. The zero-order chi connectivity index (χ0) is 35.9. The highest BCUT2D eigenvalue weighted by Crippen LogP contribution is 2.76. The summed E-state index contributed by atoms with van der Waals surface area (Å²) in [5.41, 5.74) is 0.191. The summed E-state index contributed by atoms with van der Waals surface area (Å²) in [6.45, 7) is 19.5. The number of allylic oxidation sites excluding steroid dienone is 1. The van der Waals surface area contributed by atoms with Gasteiger partial charge >= 0.3 is 18.0 Å². The molecule has 8 heteroatoms. The number of ether oxygens (including phenoxy) is 2. The molecule has 1 amide bonds. The number of hydrogen-bond acceptors (Lipinski definition) is 6. The van der Waals surface area contributed by atoms with E-state index in [1.165, 1.54) is 5.57 Å². The maximum atomic E-state index is 13.9. The number of hydrogen-bond donors (Lipinski definition) is 2. The molecule has 0 saturated heterocycles. The third-order valence-electron chi connectivity index (χ3n) is 15.7. The van der Waals surface area contributed by atoms with Gasteiger partial charge in [-0.2, -0.15) is 0 Å². The molecule has 6 rings (SSSR count). The summed E-state index contributed by atoms with van der Waals surface area (Å²) in [4.78, 5) is 52.1. The molecule has 6 aliphatic rings. The van der Waals surface area contributed by atoms with Gasteiger partial charge in [0.2, 0.25) is 0 Å². The van der Waals surface area contributed by atoms with Gasteiger partial charge in [-0.25, -0.2) is 4.79 Å². The molecule has 0 aromatic heterocycles. The number of carbonyl (C=O) groups excluding carboxylic acids is 3. The normalized spacial score (nSPS) is 40.2. The number of nitrogens with one attached hydrogen (secondary N) is 1. The summed E-state index contributed by atoms with van der Waals surface area (Å²) < 4.78 is 12.1. The number of Topliss-reactive ketones (excluding diaryl/α,β-unsaturated/α-hetero) is 1. The number of fused-ring (bicyclic) bond motifs is 7. The monoisotopic (exact) mass is 681 g/mol. The van der Waals surface area contributed by atoms with Crippen molar-refractivity contribution in [1.82, 2.24) is 5.32 Å². The molecular weight excluding hydrogens is 618 g/mol. The Bertz CT molecular complexity index is 1420. The van der Waals surface area contributed by atoms with Crippen molar-refractivity contribution >= 4 is 23.8 Å². The van der Waals surface area contributed by atoms with E-state index in [0.717, 1.165) is 82.6 Å². The molecule has 0 radical (unpaired) electrons. The number of carboxylic acid groups (broad SMARTS) is 1. The van der Waals surface area contributed by atoms with Crippen molar-refractivity contribution < 1.29 is 33.8 Å². The number of alkyl carbamates (subject to hydrolysis) is 1. The summed E-state index contributed by atoms with van der Waals surface area (Å²) in [5, 5.41) is 12.9.